The maximum absolute atomic E-state index is 11.1. The summed E-state index contributed by atoms with van der Waals surface area (Å²) in [5.41, 5.74) is 0. The number of hydrogen-bond donors (Lipinski definition) is 4. The highest BCUT2D eigenvalue weighted by molar-refractivity contribution is 7.95. The molecule has 1 rings (SSSR count). The Balaban J connectivity index is 3.22. The van der Waals surface area contributed by atoms with Crippen LogP contribution in [0.5, 0.6) is 0 Å². The molecule has 0 bridgehead atoms. The Morgan fingerprint density at radius 1 is 1.36 bits per heavy atom. The van der Waals surface area contributed by atoms with Gasteiger partial charge in [-0.2, -0.15) is 8.42 Å². The predicted molar refractivity (Wildman–Crippen MR) is 48.4 cm³/mol. The Morgan fingerprint density at radius 3 is 2.14 bits per heavy atom. The molecule has 14 heavy (non-hydrogen) atoms. The molecular weight excluding hydrogens is 233 g/mol. The van der Waals surface area contributed by atoms with Crippen LogP contribution in [0.2, 0.25) is 0 Å². The van der Waals surface area contributed by atoms with Crippen LogP contribution in [0, 0.1) is 0 Å². The highest BCUT2D eigenvalue weighted by atomic mass is 32.2. The first kappa shape index (κ1) is 12.1. The van der Waals surface area contributed by atoms with E-state index in [1.54, 1.807) is 0 Å². The van der Waals surface area contributed by atoms with E-state index in [1.807, 2.05) is 0 Å². The van der Waals surface area contributed by atoms with Gasteiger partial charge in [0.15, 0.2) is 0 Å². The molecule has 1 aliphatic rings. The average Bonchev–Trinajstić information content (AvgIpc) is 2.02. The minimum atomic E-state index is -4.89. The van der Waals surface area contributed by atoms with E-state index < -0.39 is 28.7 Å². The molecule has 1 saturated heterocycles. The van der Waals surface area contributed by atoms with E-state index in [9.17, 15) is 13.0 Å². The second-order valence-corrected chi connectivity index (χ2v) is 7.22. The Kier molecular flexibility index (Phi) is 3.07. The highest BCUT2D eigenvalue weighted by Gasteiger charge is 2.57. The summed E-state index contributed by atoms with van der Waals surface area (Å²) in [6.45, 7) is 0.0629. The molecule has 0 radical (unpaired) electrons. The molecule has 0 spiro atoms. The van der Waals surface area contributed by atoms with Gasteiger partial charge < -0.3 is 15.1 Å². The van der Waals surface area contributed by atoms with Crippen molar-refractivity contribution in [2.24, 2.45) is 0 Å². The SMILES string of the molecule is O=P(O)(O)C1(S(=O)(=O)O)CCCNC1. The molecule has 1 unspecified atom stereocenters. The minimum Gasteiger partial charge on any atom is -0.323 e. The van der Waals surface area contributed by atoms with Crippen LogP contribution >= 0.6 is 7.60 Å². The summed E-state index contributed by atoms with van der Waals surface area (Å²) in [6.07, 6.45) is 0.0635. The van der Waals surface area contributed by atoms with Gasteiger partial charge in [-0.05, 0) is 19.4 Å². The smallest absolute Gasteiger partial charge is 0.323 e. The Labute approximate surface area is 81.4 Å². The van der Waals surface area contributed by atoms with E-state index in [-0.39, 0.29) is 6.42 Å². The quantitative estimate of drug-likeness (QED) is 0.368. The van der Waals surface area contributed by atoms with Crippen LogP contribution in [-0.4, -0.2) is 40.3 Å². The fourth-order valence-corrected chi connectivity index (χ4v) is 4.14. The van der Waals surface area contributed by atoms with Gasteiger partial charge in [0.2, 0.25) is 4.49 Å². The molecule has 0 aromatic carbocycles. The lowest BCUT2D eigenvalue weighted by atomic mass is 10.1. The van der Waals surface area contributed by atoms with Gasteiger partial charge in [-0.25, -0.2) is 0 Å². The van der Waals surface area contributed by atoms with Gasteiger partial charge in [0, 0.05) is 6.54 Å². The third kappa shape index (κ3) is 1.86. The van der Waals surface area contributed by atoms with Crippen molar-refractivity contribution in [3.63, 3.8) is 0 Å². The van der Waals surface area contributed by atoms with Gasteiger partial charge in [0.25, 0.3) is 10.1 Å². The molecule has 0 aromatic rings. The summed E-state index contributed by atoms with van der Waals surface area (Å²) < 4.78 is 39.5. The maximum atomic E-state index is 11.1. The minimum absolute atomic E-state index is 0.233. The van der Waals surface area contributed by atoms with Crippen LogP contribution in [0.4, 0.5) is 0 Å². The van der Waals surface area contributed by atoms with Crippen molar-refractivity contribution in [3.8, 4) is 0 Å². The second kappa shape index (κ2) is 3.55. The average molecular weight is 245 g/mol. The number of piperidine rings is 1. The first-order valence-electron chi connectivity index (χ1n) is 3.94. The fraction of sp³-hybridized carbons (Fsp3) is 1.00. The van der Waals surface area contributed by atoms with Gasteiger partial charge in [-0.1, -0.05) is 0 Å². The zero-order valence-corrected chi connectivity index (χ0v) is 8.96. The van der Waals surface area contributed by atoms with E-state index in [0.29, 0.717) is 13.0 Å². The van der Waals surface area contributed by atoms with Gasteiger partial charge in [-0.15, -0.1) is 0 Å². The van der Waals surface area contributed by atoms with Crippen LogP contribution in [0.1, 0.15) is 12.8 Å². The van der Waals surface area contributed by atoms with E-state index >= 15 is 0 Å². The Bertz CT molecular complexity index is 352. The fourth-order valence-electron chi connectivity index (χ4n) is 1.48. The molecule has 4 N–H and O–H groups in total. The molecule has 84 valence electrons. The van der Waals surface area contributed by atoms with Crippen molar-refractivity contribution < 1.29 is 27.3 Å². The second-order valence-electron chi connectivity index (χ2n) is 3.25. The van der Waals surface area contributed by atoms with E-state index in [4.69, 9.17) is 14.3 Å². The molecule has 0 saturated carbocycles. The lowest BCUT2D eigenvalue weighted by Crippen LogP contribution is -2.50. The van der Waals surface area contributed by atoms with Crippen molar-refractivity contribution in [2.45, 2.75) is 17.3 Å². The summed E-state index contributed by atoms with van der Waals surface area (Å²) in [5.74, 6) is 0. The van der Waals surface area contributed by atoms with Gasteiger partial charge >= 0.3 is 7.60 Å². The van der Waals surface area contributed by atoms with E-state index in [1.165, 1.54) is 0 Å². The zero-order valence-electron chi connectivity index (χ0n) is 7.25. The first-order chi connectivity index (χ1) is 6.21. The molecule has 0 aromatic heterocycles. The Hall–Kier alpha value is 0.0200. The summed E-state index contributed by atoms with van der Waals surface area (Å²) in [7, 11) is -9.66. The van der Waals surface area contributed by atoms with Crippen LogP contribution in [0.25, 0.3) is 0 Å². The third-order valence-corrected chi connectivity index (χ3v) is 6.49. The number of nitrogens with one attached hydrogen (secondary N) is 1. The monoisotopic (exact) mass is 245 g/mol. The molecule has 1 heterocycles. The summed E-state index contributed by atoms with van der Waals surface area (Å²) >= 11 is 0. The molecule has 1 fully saturated rings. The topological polar surface area (TPSA) is 124 Å². The van der Waals surface area contributed by atoms with Gasteiger partial charge in [0.1, 0.15) is 0 Å². The third-order valence-electron chi connectivity index (χ3n) is 2.33. The molecule has 1 aliphatic heterocycles. The van der Waals surface area contributed by atoms with Gasteiger partial charge in [0.05, 0.1) is 0 Å². The van der Waals surface area contributed by atoms with Crippen molar-refractivity contribution in [2.75, 3.05) is 13.1 Å². The molecule has 1 atom stereocenters. The Morgan fingerprint density at radius 2 is 1.93 bits per heavy atom. The standard InChI is InChI=1S/C5H12NO6PS/c7-13(8,9)5(14(10,11)12)2-1-3-6-4-5/h6H,1-4H2,(H2,7,8,9)(H,10,11,12). The van der Waals surface area contributed by atoms with E-state index in [0.717, 1.165) is 0 Å². The van der Waals surface area contributed by atoms with Crippen molar-refractivity contribution in [1.82, 2.24) is 5.32 Å². The normalized spacial score (nSPS) is 30.2. The zero-order chi connectivity index (χ0) is 11.0. The molecule has 0 aliphatic carbocycles. The number of hydrogen-bond acceptors (Lipinski definition) is 4. The van der Waals surface area contributed by atoms with Crippen LogP contribution in [0.15, 0.2) is 0 Å². The lowest BCUT2D eigenvalue weighted by Gasteiger charge is -2.34. The molecule has 7 nitrogen and oxygen atoms in total. The molecule has 0 amide bonds. The number of rotatable bonds is 2. The van der Waals surface area contributed by atoms with Crippen LogP contribution in [0.3, 0.4) is 0 Å². The maximum Gasteiger partial charge on any atom is 0.350 e. The highest BCUT2D eigenvalue weighted by Crippen LogP contribution is 2.56. The van der Waals surface area contributed by atoms with Crippen LogP contribution < -0.4 is 5.32 Å². The van der Waals surface area contributed by atoms with E-state index in [2.05, 4.69) is 5.32 Å². The predicted octanol–water partition coefficient (Wildman–Crippen LogP) is -0.868. The van der Waals surface area contributed by atoms with Gasteiger partial charge in [-0.3, -0.25) is 9.12 Å². The lowest BCUT2D eigenvalue weighted by molar-refractivity contribution is 0.314. The largest absolute Gasteiger partial charge is 0.350 e. The molecule has 9 heteroatoms. The summed E-state index contributed by atoms with van der Waals surface area (Å²) in [6, 6.07) is 0. The first-order valence-corrected chi connectivity index (χ1v) is 6.99. The summed E-state index contributed by atoms with van der Waals surface area (Å²) in [5, 5.41) is 2.56. The van der Waals surface area contributed by atoms with Crippen LogP contribution in [-0.2, 0) is 14.7 Å². The van der Waals surface area contributed by atoms with Crippen molar-refractivity contribution in [1.29, 1.82) is 0 Å². The van der Waals surface area contributed by atoms with Crippen molar-refractivity contribution in [3.05, 3.63) is 0 Å². The van der Waals surface area contributed by atoms with Crippen molar-refractivity contribution >= 4 is 17.7 Å². The molecular formula is C5H12NO6PS. The summed E-state index contributed by atoms with van der Waals surface area (Å²) in [4.78, 5) is 17.9.